The first-order valence-electron chi connectivity index (χ1n) is 17.7. The van der Waals surface area contributed by atoms with Gasteiger partial charge in [-0.2, -0.15) is 0 Å². The molecule has 8 aromatic rings. The first kappa shape index (κ1) is 28.2. The van der Waals surface area contributed by atoms with E-state index in [0.717, 1.165) is 28.4 Å². The molecule has 1 atom stereocenters. The van der Waals surface area contributed by atoms with Crippen LogP contribution in [0.1, 0.15) is 22.3 Å². The second kappa shape index (κ2) is 10.7. The summed E-state index contributed by atoms with van der Waals surface area (Å²) in [5.41, 5.74) is 19.4. The highest BCUT2D eigenvalue weighted by molar-refractivity contribution is 6.00. The summed E-state index contributed by atoms with van der Waals surface area (Å²) in [7, 11) is 0. The summed E-state index contributed by atoms with van der Waals surface area (Å²) in [5.74, 6) is 0. The molecule has 1 unspecified atom stereocenters. The van der Waals surface area contributed by atoms with Gasteiger partial charge in [-0.3, -0.25) is 0 Å². The summed E-state index contributed by atoms with van der Waals surface area (Å²) in [4.78, 5) is 4.82. The van der Waals surface area contributed by atoms with Gasteiger partial charge in [-0.1, -0.05) is 121 Å². The Morgan fingerprint density at radius 1 is 0.333 bits per heavy atom. The highest BCUT2D eigenvalue weighted by Crippen LogP contribution is 2.65. The molecule has 1 spiro atoms. The number of hydrogen-bond donors (Lipinski definition) is 0. The van der Waals surface area contributed by atoms with Crippen LogP contribution in [-0.4, -0.2) is 0 Å². The molecule has 2 heteroatoms. The SMILES string of the molecule is c1ccc(N(c2ccccc2)c2ccc3c(c2)C24c5ccccc5-c5ccc(cc52)-c2ccccc2N(c2ccccc2)c2ccc-3c4c2)cc1. The summed E-state index contributed by atoms with van der Waals surface area (Å²) in [6.45, 7) is 0. The second-order valence-corrected chi connectivity index (χ2v) is 13.7. The third kappa shape index (κ3) is 3.87. The van der Waals surface area contributed by atoms with E-state index in [1.807, 2.05) is 0 Å². The average molecular weight is 649 g/mol. The minimum absolute atomic E-state index is 0.494. The van der Waals surface area contributed by atoms with Crippen molar-refractivity contribution >= 4 is 34.1 Å². The molecule has 1 aliphatic heterocycles. The fourth-order valence-corrected chi connectivity index (χ4v) is 9.12. The standard InChI is InChI=1S/C49H32N2/c1-4-14-34(15-5-1)50(35-16-6-2-7-17-35)37-25-28-42-43-29-26-38-32-47(43)49(46(42)31-37)44-22-12-10-21-40(44)41-27-24-33(30-45(41)49)39-20-11-13-23-48(39)51(38)36-18-8-3-9-19-36/h1-32H. The highest BCUT2D eigenvalue weighted by atomic mass is 15.1. The van der Waals surface area contributed by atoms with Gasteiger partial charge in [-0.15, -0.1) is 0 Å². The van der Waals surface area contributed by atoms with Gasteiger partial charge in [-0.05, 0) is 123 Å². The number of hydrogen-bond acceptors (Lipinski definition) is 2. The van der Waals surface area contributed by atoms with Crippen molar-refractivity contribution in [1.82, 2.24) is 0 Å². The minimum Gasteiger partial charge on any atom is -0.310 e. The van der Waals surface area contributed by atoms with Gasteiger partial charge in [0, 0.05) is 34.0 Å². The van der Waals surface area contributed by atoms with Gasteiger partial charge < -0.3 is 9.80 Å². The van der Waals surface area contributed by atoms with Crippen molar-refractivity contribution in [1.29, 1.82) is 0 Å². The first-order chi connectivity index (χ1) is 25.3. The maximum Gasteiger partial charge on any atom is 0.0727 e. The molecule has 0 saturated heterocycles. The lowest BCUT2D eigenvalue weighted by Gasteiger charge is -2.35. The Labute approximate surface area is 298 Å². The van der Waals surface area contributed by atoms with Gasteiger partial charge in [0.1, 0.15) is 0 Å². The monoisotopic (exact) mass is 648 g/mol. The van der Waals surface area contributed by atoms with Crippen LogP contribution in [0.15, 0.2) is 194 Å². The number of benzene rings is 8. The van der Waals surface area contributed by atoms with E-state index in [1.165, 1.54) is 61.3 Å². The molecule has 0 amide bonds. The third-order valence-corrected chi connectivity index (χ3v) is 11.2. The molecule has 238 valence electrons. The van der Waals surface area contributed by atoms with Crippen LogP contribution in [0.3, 0.4) is 0 Å². The molecule has 0 aromatic heterocycles. The Morgan fingerprint density at radius 3 is 1.59 bits per heavy atom. The van der Waals surface area contributed by atoms with Gasteiger partial charge in [0.15, 0.2) is 0 Å². The molecule has 3 aliphatic rings. The Hall–Kier alpha value is -6.64. The van der Waals surface area contributed by atoms with Crippen molar-refractivity contribution in [3.05, 3.63) is 216 Å². The Bertz CT molecular complexity index is 2610. The normalized spacial score (nSPS) is 15.5. The molecular formula is C49H32N2. The maximum atomic E-state index is 2.49. The van der Waals surface area contributed by atoms with Gasteiger partial charge in [0.05, 0.1) is 11.1 Å². The zero-order valence-electron chi connectivity index (χ0n) is 27.9. The smallest absolute Gasteiger partial charge is 0.0727 e. The lowest BCUT2D eigenvalue weighted by Crippen LogP contribution is -2.27. The van der Waals surface area contributed by atoms with Gasteiger partial charge in [0.25, 0.3) is 0 Å². The molecular weight excluding hydrogens is 617 g/mol. The van der Waals surface area contributed by atoms with Crippen molar-refractivity contribution in [3.63, 3.8) is 0 Å². The van der Waals surface area contributed by atoms with Crippen molar-refractivity contribution in [2.75, 3.05) is 9.80 Å². The van der Waals surface area contributed by atoms with Crippen molar-refractivity contribution in [2.45, 2.75) is 5.41 Å². The predicted molar refractivity (Wildman–Crippen MR) is 211 cm³/mol. The van der Waals surface area contributed by atoms with E-state index < -0.39 is 5.41 Å². The molecule has 8 aromatic carbocycles. The first-order valence-corrected chi connectivity index (χ1v) is 17.7. The Balaban J connectivity index is 1.26. The zero-order valence-corrected chi connectivity index (χ0v) is 27.9. The highest BCUT2D eigenvalue weighted by Gasteiger charge is 2.52. The fraction of sp³-hybridized carbons (Fsp3) is 0.0204. The van der Waals surface area contributed by atoms with Crippen LogP contribution in [0.2, 0.25) is 0 Å². The molecule has 11 rings (SSSR count). The summed E-state index contributed by atoms with van der Waals surface area (Å²) >= 11 is 0. The number of anilines is 6. The second-order valence-electron chi connectivity index (χ2n) is 13.7. The van der Waals surface area contributed by atoms with Crippen LogP contribution in [0.5, 0.6) is 0 Å². The molecule has 0 fully saturated rings. The maximum absolute atomic E-state index is 2.49. The van der Waals surface area contributed by atoms with Crippen molar-refractivity contribution in [3.8, 4) is 33.4 Å². The Morgan fingerprint density at radius 2 is 0.863 bits per heavy atom. The molecule has 2 nitrogen and oxygen atoms in total. The molecule has 1 heterocycles. The van der Waals surface area contributed by atoms with E-state index in [-0.39, 0.29) is 0 Å². The minimum atomic E-state index is -0.494. The molecule has 4 bridgehead atoms. The van der Waals surface area contributed by atoms with Crippen LogP contribution in [0, 0.1) is 0 Å². The number of fused-ring (bicyclic) bond motifs is 8. The number of para-hydroxylation sites is 4. The van der Waals surface area contributed by atoms with E-state index in [0.29, 0.717) is 0 Å². The van der Waals surface area contributed by atoms with E-state index in [1.54, 1.807) is 0 Å². The summed E-state index contributed by atoms with van der Waals surface area (Å²) in [6.07, 6.45) is 0. The summed E-state index contributed by atoms with van der Waals surface area (Å²) < 4.78 is 0. The fourth-order valence-electron chi connectivity index (χ4n) is 9.12. The zero-order chi connectivity index (χ0) is 33.5. The molecule has 2 aliphatic carbocycles. The van der Waals surface area contributed by atoms with Crippen LogP contribution in [-0.2, 0) is 5.41 Å². The van der Waals surface area contributed by atoms with Crippen molar-refractivity contribution in [2.24, 2.45) is 0 Å². The van der Waals surface area contributed by atoms with E-state index in [4.69, 9.17) is 0 Å². The Kier molecular flexibility index (Phi) is 5.91. The summed E-state index contributed by atoms with van der Waals surface area (Å²) in [5, 5.41) is 0. The number of rotatable bonds is 4. The van der Waals surface area contributed by atoms with Crippen LogP contribution >= 0.6 is 0 Å². The van der Waals surface area contributed by atoms with Gasteiger partial charge in [0.2, 0.25) is 0 Å². The van der Waals surface area contributed by atoms with E-state index >= 15 is 0 Å². The van der Waals surface area contributed by atoms with Gasteiger partial charge in [-0.25, -0.2) is 0 Å². The topological polar surface area (TPSA) is 6.48 Å². The lowest BCUT2D eigenvalue weighted by atomic mass is 9.70. The van der Waals surface area contributed by atoms with Crippen molar-refractivity contribution < 1.29 is 0 Å². The average Bonchev–Trinajstić information content (AvgIpc) is 3.66. The quantitative estimate of drug-likeness (QED) is 0.187. The molecule has 0 radical (unpaired) electrons. The van der Waals surface area contributed by atoms with E-state index in [2.05, 4.69) is 204 Å². The van der Waals surface area contributed by atoms with Gasteiger partial charge >= 0.3 is 0 Å². The third-order valence-electron chi connectivity index (χ3n) is 11.2. The molecule has 0 saturated carbocycles. The van der Waals surface area contributed by atoms with Crippen LogP contribution in [0.25, 0.3) is 33.4 Å². The van der Waals surface area contributed by atoms with Crippen LogP contribution in [0.4, 0.5) is 34.1 Å². The van der Waals surface area contributed by atoms with E-state index in [9.17, 15) is 0 Å². The lowest BCUT2D eigenvalue weighted by molar-refractivity contribution is 0.793. The molecule has 51 heavy (non-hydrogen) atoms. The van der Waals surface area contributed by atoms with Crippen LogP contribution < -0.4 is 9.80 Å². The predicted octanol–water partition coefficient (Wildman–Crippen LogP) is 13.0. The largest absolute Gasteiger partial charge is 0.310 e. The molecule has 0 N–H and O–H groups in total. The summed E-state index contributed by atoms with van der Waals surface area (Å²) in [6, 6.07) is 71.7. The number of nitrogens with zero attached hydrogens (tertiary/aromatic N) is 2.